The quantitative estimate of drug-likeness (QED) is 0.599. The smallest absolute Gasteiger partial charge is 0.168 e. The van der Waals surface area contributed by atoms with Crippen LogP contribution in [0.4, 0.5) is 8.78 Å². The Morgan fingerprint density at radius 1 is 1.08 bits per heavy atom. The number of H-pyrrole nitrogens is 1. The molecule has 0 aliphatic heterocycles. The van der Waals surface area contributed by atoms with Crippen LogP contribution in [-0.4, -0.2) is 11.5 Å². The molecular formula is C20H19F2N3O. The summed E-state index contributed by atoms with van der Waals surface area (Å²) in [6, 6.07) is 8.81. The molecule has 0 bridgehead atoms. The second-order valence-corrected chi connectivity index (χ2v) is 6.06. The minimum atomic E-state index is -0.636. The summed E-state index contributed by atoms with van der Waals surface area (Å²) in [7, 11) is 0. The lowest BCUT2D eigenvalue weighted by Gasteiger charge is -2.14. The summed E-state index contributed by atoms with van der Waals surface area (Å²) >= 11 is 0. The third-order valence-corrected chi connectivity index (χ3v) is 4.28. The topological polar surface area (TPSA) is 74.8 Å². The van der Waals surface area contributed by atoms with Gasteiger partial charge in [0.2, 0.25) is 0 Å². The van der Waals surface area contributed by atoms with Crippen LogP contribution in [0, 0.1) is 23.0 Å². The highest BCUT2D eigenvalue weighted by Crippen LogP contribution is 2.35. The highest BCUT2D eigenvalue weighted by atomic mass is 19.1. The number of hydrogen-bond acceptors (Lipinski definition) is 3. The van der Waals surface area contributed by atoms with E-state index in [2.05, 4.69) is 4.98 Å². The number of unbranched alkanes of at least 4 members (excludes halogenated alkanes) is 2. The van der Waals surface area contributed by atoms with Crippen molar-refractivity contribution < 1.29 is 13.5 Å². The zero-order chi connectivity index (χ0) is 18.5. The summed E-state index contributed by atoms with van der Waals surface area (Å²) < 4.78 is 33.9. The molecule has 0 saturated heterocycles. The van der Waals surface area contributed by atoms with E-state index >= 15 is 0 Å². The molecule has 4 nitrogen and oxygen atoms in total. The molecule has 26 heavy (non-hydrogen) atoms. The minimum Gasteiger partial charge on any atom is -0.454 e. The van der Waals surface area contributed by atoms with E-state index in [1.165, 1.54) is 18.2 Å². The maximum Gasteiger partial charge on any atom is 0.168 e. The van der Waals surface area contributed by atoms with E-state index in [1.54, 1.807) is 12.3 Å². The zero-order valence-corrected chi connectivity index (χ0v) is 14.2. The average Bonchev–Trinajstić information content (AvgIpc) is 3.10. The van der Waals surface area contributed by atoms with Crippen molar-refractivity contribution in [3.8, 4) is 17.6 Å². The third kappa shape index (κ3) is 3.68. The van der Waals surface area contributed by atoms with Crippen LogP contribution in [0.3, 0.4) is 0 Å². The molecule has 0 radical (unpaired) electrons. The molecule has 3 rings (SSSR count). The van der Waals surface area contributed by atoms with Crippen LogP contribution in [-0.2, 0) is 6.42 Å². The summed E-state index contributed by atoms with van der Waals surface area (Å²) in [5, 5.41) is 9.85. The maximum atomic E-state index is 14.7. The molecule has 6 heteroatoms. The van der Waals surface area contributed by atoms with Gasteiger partial charge >= 0.3 is 0 Å². The van der Waals surface area contributed by atoms with Gasteiger partial charge in [0.05, 0.1) is 5.56 Å². The van der Waals surface area contributed by atoms with Crippen LogP contribution < -0.4 is 10.5 Å². The number of rotatable bonds is 7. The Labute approximate surface area is 150 Å². The molecule has 1 heterocycles. The summed E-state index contributed by atoms with van der Waals surface area (Å²) in [6.07, 6.45) is 5.08. The highest BCUT2D eigenvalue weighted by molar-refractivity contribution is 5.85. The second-order valence-electron chi connectivity index (χ2n) is 6.06. The summed E-state index contributed by atoms with van der Waals surface area (Å²) in [6.45, 7) is 0.624. The molecule has 0 fully saturated rings. The van der Waals surface area contributed by atoms with Gasteiger partial charge in [0, 0.05) is 34.8 Å². The van der Waals surface area contributed by atoms with Gasteiger partial charge in [-0.1, -0.05) is 6.42 Å². The highest BCUT2D eigenvalue weighted by Gasteiger charge is 2.17. The number of aromatic amines is 1. The van der Waals surface area contributed by atoms with Crippen LogP contribution in [0.2, 0.25) is 0 Å². The Balaban J connectivity index is 1.98. The molecule has 2 aromatic carbocycles. The van der Waals surface area contributed by atoms with Gasteiger partial charge in [0.1, 0.15) is 17.6 Å². The molecule has 0 atom stereocenters. The predicted molar refractivity (Wildman–Crippen MR) is 96.1 cm³/mol. The SMILES string of the molecule is N#Cc1cc(Oc2c(F)cc3[nH]ccc3c2CCCCCN)ccc1F. The molecule has 0 amide bonds. The number of aromatic nitrogens is 1. The Kier molecular flexibility index (Phi) is 5.49. The molecule has 3 aromatic rings. The molecule has 0 aliphatic carbocycles. The molecule has 0 unspecified atom stereocenters. The van der Waals surface area contributed by atoms with Gasteiger partial charge in [-0.15, -0.1) is 0 Å². The van der Waals surface area contributed by atoms with Gasteiger partial charge < -0.3 is 15.5 Å². The molecule has 134 valence electrons. The number of aryl methyl sites for hydroxylation is 1. The van der Waals surface area contributed by atoms with Gasteiger partial charge in [-0.05, 0) is 44.0 Å². The fourth-order valence-corrected chi connectivity index (χ4v) is 2.98. The lowest BCUT2D eigenvalue weighted by molar-refractivity contribution is 0.435. The van der Waals surface area contributed by atoms with Gasteiger partial charge in [-0.2, -0.15) is 5.26 Å². The largest absolute Gasteiger partial charge is 0.454 e. The van der Waals surface area contributed by atoms with E-state index in [-0.39, 0.29) is 17.1 Å². The first-order valence-corrected chi connectivity index (χ1v) is 8.50. The Hall–Kier alpha value is -2.91. The molecular weight excluding hydrogens is 336 g/mol. The summed E-state index contributed by atoms with van der Waals surface area (Å²) in [5.41, 5.74) is 6.83. The molecule has 0 aliphatic rings. The number of hydrogen-bond donors (Lipinski definition) is 2. The lowest BCUT2D eigenvalue weighted by atomic mass is 10.0. The predicted octanol–water partition coefficient (Wildman–Crippen LogP) is 4.78. The number of ether oxygens (including phenoxy) is 1. The van der Waals surface area contributed by atoms with Crippen molar-refractivity contribution in [1.82, 2.24) is 4.98 Å². The normalized spacial score (nSPS) is 10.8. The molecule has 0 spiro atoms. The Bertz CT molecular complexity index is 960. The van der Waals surface area contributed by atoms with Crippen LogP contribution in [0.15, 0.2) is 36.5 Å². The van der Waals surface area contributed by atoms with Crippen molar-refractivity contribution >= 4 is 10.9 Å². The van der Waals surface area contributed by atoms with Crippen molar-refractivity contribution in [2.75, 3.05) is 6.54 Å². The van der Waals surface area contributed by atoms with Crippen LogP contribution in [0.5, 0.6) is 11.5 Å². The minimum absolute atomic E-state index is 0.111. The van der Waals surface area contributed by atoms with Crippen LogP contribution in [0.1, 0.15) is 30.4 Å². The van der Waals surface area contributed by atoms with E-state index in [4.69, 9.17) is 15.7 Å². The zero-order valence-electron chi connectivity index (χ0n) is 14.2. The first-order chi connectivity index (χ1) is 12.6. The number of benzene rings is 2. The van der Waals surface area contributed by atoms with Crippen LogP contribution >= 0.6 is 0 Å². The standard InChI is InChI=1S/C20H19F2N3O/c21-17-6-5-14(10-13(17)12-24)26-20-16(4-2-1-3-8-23)15-7-9-25-19(15)11-18(20)22/h5-7,9-11,25H,1-4,8,23H2. The van der Waals surface area contributed by atoms with Crippen LogP contribution in [0.25, 0.3) is 10.9 Å². The Morgan fingerprint density at radius 2 is 1.92 bits per heavy atom. The third-order valence-electron chi connectivity index (χ3n) is 4.28. The Morgan fingerprint density at radius 3 is 2.69 bits per heavy atom. The van der Waals surface area contributed by atoms with E-state index < -0.39 is 11.6 Å². The van der Waals surface area contributed by atoms with Gasteiger partial charge in [-0.3, -0.25) is 0 Å². The van der Waals surface area contributed by atoms with Crippen molar-refractivity contribution in [3.63, 3.8) is 0 Å². The fraction of sp³-hybridized carbons (Fsp3) is 0.250. The number of nitrogens with one attached hydrogen (secondary N) is 1. The number of nitrogens with zero attached hydrogens (tertiary/aromatic N) is 1. The van der Waals surface area contributed by atoms with E-state index in [0.29, 0.717) is 18.5 Å². The molecule has 1 aromatic heterocycles. The monoisotopic (exact) mass is 355 g/mol. The maximum absolute atomic E-state index is 14.7. The number of halogens is 2. The van der Waals surface area contributed by atoms with Crippen molar-refractivity contribution in [2.24, 2.45) is 5.73 Å². The first kappa shape index (κ1) is 17.9. The second kappa shape index (κ2) is 7.98. The van der Waals surface area contributed by atoms with Gasteiger partial charge in [-0.25, -0.2) is 8.78 Å². The van der Waals surface area contributed by atoms with Crippen molar-refractivity contribution in [1.29, 1.82) is 5.26 Å². The van der Waals surface area contributed by atoms with E-state index in [0.717, 1.165) is 36.3 Å². The van der Waals surface area contributed by atoms with Crippen molar-refractivity contribution in [3.05, 3.63) is 59.3 Å². The average molecular weight is 355 g/mol. The fourth-order valence-electron chi connectivity index (χ4n) is 2.98. The lowest BCUT2D eigenvalue weighted by Crippen LogP contribution is -2.00. The van der Waals surface area contributed by atoms with E-state index in [1.807, 2.05) is 6.07 Å². The number of fused-ring (bicyclic) bond motifs is 1. The molecule has 0 saturated carbocycles. The summed E-state index contributed by atoms with van der Waals surface area (Å²) in [4.78, 5) is 3.01. The summed E-state index contributed by atoms with van der Waals surface area (Å²) in [5.74, 6) is -0.805. The molecule has 3 N–H and O–H groups in total. The van der Waals surface area contributed by atoms with Gasteiger partial charge in [0.15, 0.2) is 11.6 Å². The number of nitrogens with two attached hydrogens (primary N) is 1. The van der Waals surface area contributed by atoms with Crippen molar-refractivity contribution in [2.45, 2.75) is 25.7 Å². The first-order valence-electron chi connectivity index (χ1n) is 8.50. The van der Waals surface area contributed by atoms with E-state index in [9.17, 15) is 8.78 Å². The van der Waals surface area contributed by atoms with Gasteiger partial charge in [0.25, 0.3) is 0 Å². The number of nitriles is 1.